The molecule has 0 heterocycles. The molecular formula is C15H17NS. The highest BCUT2D eigenvalue weighted by molar-refractivity contribution is 7.99. The summed E-state index contributed by atoms with van der Waals surface area (Å²) in [4.78, 5) is 1.34. The van der Waals surface area contributed by atoms with Gasteiger partial charge in [0.25, 0.3) is 0 Å². The van der Waals surface area contributed by atoms with Crippen LogP contribution in [0.5, 0.6) is 0 Å². The topological polar surface area (TPSA) is 26.0 Å². The summed E-state index contributed by atoms with van der Waals surface area (Å²) in [5.74, 6) is 1.12. The first-order valence-corrected chi connectivity index (χ1v) is 6.82. The minimum Gasteiger partial charge on any atom is -0.399 e. The molecule has 17 heavy (non-hydrogen) atoms. The molecule has 0 saturated carbocycles. The first-order valence-electron chi connectivity index (χ1n) is 5.84. The van der Waals surface area contributed by atoms with Crippen LogP contribution in [0.4, 0.5) is 5.69 Å². The van der Waals surface area contributed by atoms with E-state index in [1.807, 2.05) is 23.9 Å². The molecule has 0 atom stereocenters. The molecule has 2 rings (SSSR count). The summed E-state index contributed by atoms with van der Waals surface area (Å²) >= 11 is 1.88. The molecule has 0 bridgehead atoms. The highest BCUT2D eigenvalue weighted by Crippen LogP contribution is 2.19. The molecular weight excluding hydrogens is 226 g/mol. The molecule has 0 aliphatic carbocycles. The molecule has 2 heteroatoms. The fraction of sp³-hybridized carbons (Fsp3) is 0.200. The molecule has 88 valence electrons. The van der Waals surface area contributed by atoms with Crippen LogP contribution >= 0.6 is 11.8 Å². The molecule has 2 aromatic carbocycles. The summed E-state index contributed by atoms with van der Waals surface area (Å²) in [6.07, 6.45) is 0.970. The Morgan fingerprint density at radius 1 is 0.882 bits per heavy atom. The summed E-state index contributed by atoms with van der Waals surface area (Å²) in [7, 11) is 0. The van der Waals surface area contributed by atoms with Crippen molar-refractivity contribution >= 4 is 17.4 Å². The van der Waals surface area contributed by atoms with Gasteiger partial charge >= 0.3 is 0 Å². The van der Waals surface area contributed by atoms with Gasteiger partial charge < -0.3 is 5.73 Å². The predicted molar refractivity (Wildman–Crippen MR) is 76.5 cm³/mol. The van der Waals surface area contributed by atoms with Gasteiger partial charge in [-0.15, -0.1) is 11.8 Å². The molecule has 0 aliphatic rings. The third kappa shape index (κ3) is 3.53. The van der Waals surface area contributed by atoms with Gasteiger partial charge in [0.2, 0.25) is 0 Å². The zero-order valence-corrected chi connectivity index (χ0v) is 10.8. The summed E-state index contributed by atoms with van der Waals surface area (Å²) in [6, 6.07) is 16.9. The van der Waals surface area contributed by atoms with E-state index in [0.717, 1.165) is 17.9 Å². The van der Waals surface area contributed by atoms with Crippen LogP contribution in [0.25, 0.3) is 0 Å². The highest BCUT2D eigenvalue weighted by Gasteiger charge is 1.97. The third-order valence-electron chi connectivity index (χ3n) is 2.62. The van der Waals surface area contributed by atoms with Crippen LogP contribution in [0.2, 0.25) is 0 Å². The van der Waals surface area contributed by atoms with E-state index in [0.29, 0.717) is 0 Å². The monoisotopic (exact) mass is 243 g/mol. The number of hydrogen-bond acceptors (Lipinski definition) is 2. The number of benzene rings is 2. The molecule has 0 aromatic heterocycles. The standard InChI is InChI=1S/C15H17NS/c1-2-17-15-9-5-13(6-10-15)11-12-3-7-14(16)8-4-12/h3-10H,2,11,16H2,1H3. The van der Waals surface area contributed by atoms with Crippen molar-refractivity contribution in [3.05, 3.63) is 59.7 Å². The lowest BCUT2D eigenvalue weighted by atomic mass is 10.1. The van der Waals surface area contributed by atoms with Crippen LogP contribution in [0.15, 0.2) is 53.4 Å². The van der Waals surface area contributed by atoms with E-state index in [-0.39, 0.29) is 0 Å². The fourth-order valence-electron chi connectivity index (χ4n) is 1.74. The van der Waals surface area contributed by atoms with E-state index < -0.39 is 0 Å². The zero-order valence-electron chi connectivity index (χ0n) is 10.0. The summed E-state index contributed by atoms with van der Waals surface area (Å²) in [5, 5.41) is 0. The van der Waals surface area contributed by atoms with Gasteiger partial charge in [0.05, 0.1) is 0 Å². The zero-order chi connectivity index (χ0) is 12.1. The Hall–Kier alpha value is -1.41. The van der Waals surface area contributed by atoms with Crippen molar-refractivity contribution < 1.29 is 0 Å². The Bertz CT molecular complexity index is 459. The Balaban J connectivity index is 2.05. The number of nitrogen functional groups attached to an aromatic ring is 1. The van der Waals surface area contributed by atoms with Crippen LogP contribution in [-0.2, 0) is 6.42 Å². The van der Waals surface area contributed by atoms with Gasteiger partial charge in [0, 0.05) is 10.6 Å². The van der Waals surface area contributed by atoms with Crippen molar-refractivity contribution in [1.29, 1.82) is 0 Å². The minimum absolute atomic E-state index is 0.823. The highest BCUT2D eigenvalue weighted by atomic mass is 32.2. The smallest absolute Gasteiger partial charge is 0.0314 e. The lowest BCUT2D eigenvalue weighted by Gasteiger charge is -2.04. The van der Waals surface area contributed by atoms with E-state index in [4.69, 9.17) is 5.73 Å². The van der Waals surface area contributed by atoms with E-state index >= 15 is 0 Å². The Morgan fingerprint density at radius 2 is 1.41 bits per heavy atom. The van der Waals surface area contributed by atoms with Gasteiger partial charge in [-0.3, -0.25) is 0 Å². The van der Waals surface area contributed by atoms with Crippen LogP contribution < -0.4 is 5.73 Å². The predicted octanol–water partition coefficient (Wildman–Crippen LogP) is 3.97. The Labute approximate surface area is 107 Å². The van der Waals surface area contributed by atoms with Gasteiger partial charge in [-0.25, -0.2) is 0 Å². The van der Waals surface area contributed by atoms with Crippen molar-refractivity contribution in [2.24, 2.45) is 0 Å². The maximum Gasteiger partial charge on any atom is 0.0314 e. The summed E-state index contributed by atoms with van der Waals surface area (Å²) in [6.45, 7) is 2.17. The third-order valence-corrected chi connectivity index (χ3v) is 3.52. The number of thioether (sulfide) groups is 1. The first-order chi connectivity index (χ1) is 8.28. The maximum absolute atomic E-state index is 5.67. The molecule has 2 aromatic rings. The summed E-state index contributed by atoms with van der Waals surface area (Å²) < 4.78 is 0. The molecule has 0 amide bonds. The van der Waals surface area contributed by atoms with Crippen LogP contribution in [0.3, 0.4) is 0 Å². The van der Waals surface area contributed by atoms with Gasteiger partial charge in [-0.1, -0.05) is 31.2 Å². The van der Waals surface area contributed by atoms with Gasteiger partial charge in [-0.2, -0.15) is 0 Å². The normalized spacial score (nSPS) is 10.4. The first kappa shape index (κ1) is 12.1. The van der Waals surface area contributed by atoms with Gasteiger partial charge in [-0.05, 0) is 47.6 Å². The molecule has 0 fully saturated rings. The maximum atomic E-state index is 5.67. The van der Waals surface area contributed by atoms with Crippen molar-refractivity contribution in [3.63, 3.8) is 0 Å². The lowest BCUT2D eigenvalue weighted by molar-refractivity contribution is 1.18. The van der Waals surface area contributed by atoms with Crippen LogP contribution in [-0.4, -0.2) is 5.75 Å². The van der Waals surface area contributed by atoms with E-state index in [2.05, 4.69) is 43.3 Å². The molecule has 1 nitrogen and oxygen atoms in total. The number of anilines is 1. The lowest BCUT2D eigenvalue weighted by Crippen LogP contribution is -1.89. The molecule has 0 spiro atoms. The van der Waals surface area contributed by atoms with Crippen molar-refractivity contribution in [1.82, 2.24) is 0 Å². The second-order valence-corrected chi connectivity index (χ2v) is 5.33. The van der Waals surface area contributed by atoms with Crippen molar-refractivity contribution in [2.45, 2.75) is 18.2 Å². The number of nitrogens with two attached hydrogens (primary N) is 1. The van der Waals surface area contributed by atoms with E-state index in [9.17, 15) is 0 Å². The Kier molecular flexibility index (Phi) is 4.10. The SMILES string of the molecule is CCSc1ccc(Cc2ccc(N)cc2)cc1. The van der Waals surface area contributed by atoms with Crippen molar-refractivity contribution in [2.75, 3.05) is 11.5 Å². The van der Waals surface area contributed by atoms with Crippen LogP contribution in [0.1, 0.15) is 18.1 Å². The number of hydrogen-bond donors (Lipinski definition) is 1. The minimum atomic E-state index is 0.823. The fourth-order valence-corrected chi connectivity index (χ4v) is 2.40. The van der Waals surface area contributed by atoms with E-state index in [1.54, 1.807) is 0 Å². The molecule has 0 aliphatic heterocycles. The second-order valence-electron chi connectivity index (χ2n) is 4.00. The van der Waals surface area contributed by atoms with E-state index in [1.165, 1.54) is 16.0 Å². The van der Waals surface area contributed by atoms with Gasteiger partial charge in [0.15, 0.2) is 0 Å². The molecule has 2 N–H and O–H groups in total. The molecule has 0 radical (unpaired) electrons. The van der Waals surface area contributed by atoms with Crippen molar-refractivity contribution in [3.8, 4) is 0 Å². The Morgan fingerprint density at radius 3 is 1.94 bits per heavy atom. The number of rotatable bonds is 4. The van der Waals surface area contributed by atoms with Crippen LogP contribution in [0, 0.1) is 0 Å². The van der Waals surface area contributed by atoms with Gasteiger partial charge in [0.1, 0.15) is 0 Å². The average molecular weight is 243 g/mol. The second kappa shape index (κ2) is 5.78. The molecule has 0 unspecified atom stereocenters. The summed E-state index contributed by atoms with van der Waals surface area (Å²) in [5.41, 5.74) is 9.14. The largest absolute Gasteiger partial charge is 0.399 e. The quantitative estimate of drug-likeness (QED) is 0.649. The molecule has 0 saturated heterocycles. The average Bonchev–Trinajstić information content (AvgIpc) is 2.35.